The standard InChI is InChI=1S/C8H9BrINO2S/c1-11(14(2,12)13)8-5-6(9)3-4-7(8)10/h3-5H,1-2H3. The van der Waals surface area contributed by atoms with Gasteiger partial charge in [-0.25, -0.2) is 8.42 Å². The summed E-state index contributed by atoms with van der Waals surface area (Å²) in [6, 6.07) is 5.52. The summed E-state index contributed by atoms with van der Waals surface area (Å²) in [4.78, 5) is 0. The van der Waals surface area contributed by atoms with Crippen molar-refractivity contribution in [1.82, 2.24) is 0 Å². The molecule has 0 aliphatic carbocycles. The molecule has 0 aromatic heterocycles. The molecule has 0 saturated carbocycles. The van der Waals surface area contributed by atoms with Crippen molar-refractivity contribution in [3.8, 4) is 0 Å². The van der Waals surface area contributed by atoms with Crippen molar-refractivity contribution < 1.29 is 8.42 Å². The Morgan fingerprint density at radius 2 is 2.00 bits per heavy atom. The van der Waals surface area contributed by atoms with Crippen LogP contribution in [0.15, 0.2) is 22.7 Å². The molecule has 0 radical (unpaired) electrons. The van der Waals surface area contributed by atoms with Crippen LogP contribution in [0.3, 0.4) is 0 Å². The van der Waals surface area contributed by atoms with E-state index in [1.165, 1.54) is 10.6 Å². The highest BCUT2D eigenvalue weighted by Gasteiger charge is 2.14. The molecule has 0 heterocycles. The van der Waals surface area contributed by atoms with Gasteiger partial charge in [-0.05, 0) is 40.8 Å². The number of anilines is 1. The SMILES string of the molecule is CN(c1cc(Br)ccc1I)S(C)(=O)=O. The maximum atomic E-state index is 11.3. The minimum absolute atomic E-state index is 0.683. The summed E-state index contributed by atoms with van der Waals surface area (Å²) in [6.07, 6.45) is 1.18. The Morgan fingerprint density at radius 3 is 2.50 bits per heavy atom. The summed E-state index contributed by atoms with van der Waals surface area (Å²) in [6.45, 7) is 0. The molecule has 14 heavy (non-hydrogen) atoms. The lowest BCUT2D eigenvalue weighted by atomic mass is 10.3. The Balaban J connectivity index is 3.26. The summed E-state index contributed by atoms with van der Waals surface area (Å²) in [7, 11) is -1.65. The molecule has 0 spiro atoms. The number of rotatable bonds is 2. The van der Waals surface area contributed by atoms with Gasteiger partial charge in [0.05, 0.1) is 11.9 Å². The van der Waals surface area contributed by atoms with E-state index in [-0.39, 0.29) is 0 Å². The summed E-state index contributed by atoms with van der Waals surface area (Å²) < 4.78 is 25.6. The van der Waals surface area contributed by atoms with Crippen LogP contribution in [0, 0.1) is 3.57 Å². The number of halogens is 2. The van der Waals surface area contributed by atoms with Crippen LogP contribution in [0.1, 0.15) is 0 Å². The molecule has 0 unspecified atom stereocenters. The van der Waals surface area contributed by atoms with E-state index in [1.54, 1.807) is 13.1 Å². The van der Waals surface area contributed by atoms with Gasteiger partial charge in [-0.1, -0.05) is 15.9 Å². The molecule has 0 bridgehead atoms. The van der Waals surface area contributed by atoms with Crippen LogP contribution >= 0.6 is 38.5 Å². The largest absolute Gasteiger partial charge is 0.272 e. The van der Waals surface area contributed by atoms with Gasteiger partial charge in [0, 0.05) is 15.1 Å². The van der Waals surface area contributed by atoms with Crippen molar-refractivity contribution in [2.24, 2.45) is 0 Å². The number of hydrogen-bond acceptors (Lipinski definition) is 2. The van der Waals surface area contributed by atoms with Gasteiger partial charge in [0.2, 0.25) is 10.0 Å². The van der Waals surface area contributed by atoms with Crippen molar-refractivity contribution in [3.63, 3.8) is 0 Å². The van der Waals surface area contributed by atoms with Crippen LogP contribution < -0.4 is 4.31 Å². The van der Waals surface area contributed by atoms with Crippen LogP contribution in [0.4, 0.5) is 5.69 Å². The highest BCUT2D eigenvalue weighted by Crippen LogP contribution is 2.26. The summed E-state index contributed by atoms with van der Waals surface area (Å²) in [5.74, 6) is 0. The maximum Gasteiger partial charge on any atom is 0.232 e. The zero-order valence-electron chi connectivity index (χ0n) is 7.66. The number of sulfonamides is 1. The molecule has 0 atom stereocenters. The van der Waals surface area contributed by atoms with E-state index in [0.717, 1.165) is 8.04 Å². The molecule has 0 amide bonds. The molecule has 0 saturated heterocycles. The van der Waals surface area contributed by atoms with E-state index < -0.39 is 10.0 Å². The molecule has 0 fully saturated rings. The fourth-order valence-corrected chi connectivity index (χ4v) is 2.62. The first kappa shape index (κ1) is 12.3. The lowest BCUT2D eigenvalue weighted by Crippen LogP contribution is -2.25. The van der Waals surface area contributed by atoms with Gasteiger partial charge in [-0.3, -0.25) is 4.31 Å². The topological polar surface area (TPSA) is 37.4 Å². The molecule has 78 valence electrons. The van der Waals surface area contributed by atoms with Crippen molar-refractivity contribution >= 4 is 54.2 Å². The summed E-state index contributed by atoms with van der Waals surface area (Å²) in [5, 5.41) is 0. The van der Waals surface area contributed by atoms with Gasteiger partial charge in [-0.15, -0.1) is 0 Å². The molecule has 0 N–H and O–H groups in total. The van der Waals surface area contributed by atoms with E-state index in [1.807, 2.05) is 12.1 Å². The van der Waals surface area contributed by atoms with Crippen LogP contribution in [0.25, 0.3) is 0 Å². The third kappa shape index (κ3) is 2.83. The van der Waals surface area contributed by atoms with E-state index >= 15 is 0 Å². The van der Waals surface area contributed by atoms with Crippen molar-refractivity contribution in [1.29, 1.82) is 0 Å². The Hall–Kier alpha value is 0.180. The van der Waals surface area contributed by atoms with E-state index in [4.69, 9.17) is 0 Å². The zero-order chi connectivity index (χ0) is 10.9. The lowest BCUT2D eigenvalue weighted by molar-refractivity contribution is 0.600. The van der Waals surface area contributed by atoms with Crippen LogP contribution in [0.2, 0.25) is 0 Å². The predicted octanol–water partition coefficient (Wildman–Crippen LogP) is 2.45. The Morgan fingerprint density at radius 1 is 1.43 bits per heavy atom. The second-order valence-electron chi connectivity index (χ2n) is 2.83. The molecule has 1 rings (SSSR count). The molecular weight excluding hydrogens is 381 g/mol. The van der Waals surface area contributed by atoms with Crippen LogP contribution in [-0.4, -0.2) is 21.7 Å². The summed E-state index contributed by atoms with van der Waals surface area (Å²) >= 11 is 5.41. The molecule has 6 heteroatoms. The highest BCUT2D eigenvalue weighted by atomic mass is 127. The summed E-state index contributed by atoms with van der Waals surface area (Å²) in [5.41, 5.74) is 0.683. The third-order valence-corrected chi connectivity index (χ3v) is 4.34. The number of hydrogen-bond donors (Lipinski definition) is 0. The molecule has 0 aliphatic rings. The average molecular weight is 390 g/mol. The van der Waals surface area contributed by atoms with E-state index in [0.29, 0.717) is 5.69 Å². The van der Waals surface area contributed by atoms with E-state index in [2.05, 4.69) is 38.5 Å². The second kappa shape index (κ2) is 4.36. The smallest absolute Gasteiger partial charge is 0.232 e. The third-order valence-electron chi connectivity index (χ3n) is 1.74. The van der Waals surface area contributed by atoms with Crippen molar-refractivity contribution in [3.05, 3.63) is 26.2 Å². The van der Waals surface area contributed by atoms with Crippen molar-refractivity contribution in [2.75, 3.05) is 17.6 Å². The predicted molar refractivity (Wildman–Crippen MR) is 70.1 cm³/mol. The highest BCUT2D eigenvalue weighted by molar-refractivity contribution is 14.1. The van der Waals surface area contributed by atoms with Gasteiger partial charge in [-0.2, -0.15) is 0 Å². The number of benzene rings is 1. The Labute approximate surface area is 106 Å². The van der Waals surface area contributed by atoms with Gasteiger partial charge >= 0.3 is 0 Å². The minimum Gasteiger partial charge on any atom is -0.272 e. The fraction of sp³-hybridized carbons (Fsp3) is 0.250. The van der Waals surface area contributed by atoms with E-state index in [9.17, 15) is 8.42 Å². The Kier molecular flexibility index (Phi) is 3.81. The van der Waals surface area contributed by atoms with Gasteiger partial charge in [0.25, 0.3) is 0 Å². The molecule has 3 nitrogen and oxygen atoms in total. The zero-order valence-corrected chi connectivity index (χ0v) is 12.2. The molecule has 1 aromatic rings. The Bertz CT molecular complexity index is 447. The van der Waals surface area contributed by atoms with Gasteiger partial charge in [0.1, 0.15) is 0 Å². The first-order chi connectivity index (χ1) is 6.32. The lowest BCUT2D eigenvalue weighted by Gasteiger charge is -2.18. The first-order valence-electron chi connectivity index (χ1n) is 3.71. The monoisotopic (exact) mass is 389 g/mol. The van der Waals surface area contributed by atoms with Gasteiger partial charge in [0.15, 0.2) is 0 Å². The average Bonchev–Trinajstić information content (AvgIpc) is 2.06. The molecule has 1 aromatic carbocycles. The molecule has 0 aliphatic heterocycles. The second-order valence-corrected chi connectivity index (χ2v) is 6.92. The van der Waals surface area contributed by atoms with Gasteiger partial charge < -0.3 is 0 Å². The van der Waals surface area contributed by atoms with Crippen molar-refractivity contribution in [2.45, 2.75) is 0 Å². The first-order valence-corrected chi connectivity index (χ1v) is 7.43. The van der Waals surface area contributed by atoms with Crippen LogP contribution in [-0.2, 0) is 10.0 Å². The number of nitrogens with zero attached hydrogens (tertiary/aromatic N) is 1. The van der Waals surface area contributed by atoms with Crippen LogP contribution in [0.5, 0.6) is 0 Å². The fourth-order valence-electron chi connectivity index (χ4n) is 0.906. The maximum absolute atomic E-state index is 11.3. The minimum atomic E-state index is -3.19. The molecular formula is C8H9BrINO2S. The quantitative estimate of drug-likeness (QED) is 0.728. The normalized spacial score (nSPS) is 11.4.